The molecule has 1 aliphatic heterocycles. The molecule has 1 spiro atoms. The Morgan fingerprint density at radius 1 is 1.25 bits per heavy atom. The standard InChI is InChI=1S/C21H27N5O2/c1-16-8-6-7-11-21(16)19(27)25(20(28)23-21)15-24(2)13-17-12-22-26(14-17)18-9-4-3-5-10-18/h3-5,9-10,12,14,16H,6-8,11,13,15H2,1-2H3,(H,23,28)/p+1/t16-,21-/m0/s1. The Balaban J connectivity index is 1.41. The molecule has 1 saturated carbocycles. The molecule has 0 radical (unpaired) electrons. The molecule has 2 aliphatic rings. The third-order valence-electron chi connectivity index (χ3n) is 6.09. The molecule has 2 fully saturated rings. The van der Waals surface area contributed by atoms with Crippen LogP contribution in [0, 0.1) is 5.92 Å². The average Bonchev–Trinajstić information content (AvgIpc) is 3.24. The maximum atomic E-state index is 13.1. The van der Waals surface area contributed by atoms with Crippen LogP contribution >= 0.6 is 0 Å². The van der Waals surface area contributed by atoms with Gasteiger partial charge in [-0.05, 0) is 30.9 Å². The molecule has 2 heterocycles. The molecule has 1 aromatic heterocycles. The van der Waals surface area contributed by atoms with E-state index in [1.54, 1.807) is 0 Å². The third kappa shape index (κ3) is 3.30. The van der Waals surface area contributed by atoms with Gasteiger partial charge in [-0.2, -0.15) is 5.10 Å². The summed E-state index contributed by atoms with van der Waals surface area (Å²) >= 11 is 0. The SMILES string of the molecule is C[C@H]1CCCC[C@]12NC(=O)N(C[NH+](C)Cc1cnn(-c3ccccc3)c1)C2=O. The number of quaternary nitrogens is 1. The van der Waals surface area contributed by atoms with E-state index in [4.69, 9.17) is 0 Å². The van der Waals surface area contributed by atoms with E-state index in [0.717, 1.165) is 41.8 Å². The van der Waals surface area contributed by atoms with Crippen molar-refractivity contribution in [1.82, 2.24) is 20.0 Å². The number of carbonyl (C=O) groups excluding carboxylic acids is 2. The smallest absolute Gasteiger partial charge is 0.323 e. The first kappa shape index (κ1) is 18.7. The number of urea groups is 1. The quantitative estimate of drug-likeness (QED) is 0.767. The number of nitrogens with zero attached hydrogens (tertiary/aromatic N) is 3. The van der Waals surface area contributed by atoms with Crippen LogP contribution in [0.1, 0.15) is 38.2 Å². The van der Waals surface area contributed by atoms with Gasteiger partial charge in [-0.25, -0.2) is 14.4 Å². The maximum Gasteiger partial charge on any atom is 0.329 e. The molecule has 0 bridgehead atoms. The highest BCUT2D eigenvalue weighted by molar-refractivity contribution is 6.07. The molecule has 148 valence electrons. The van der Waals surface area contributed by atoms with Crippen LogP contribution in [0.5, 0.6) is 0 Å². The molecule has 1 aliphatic carbocycles. The van der Waals surface area contributed by atoms with Crippen molar-refractivity contribution in [2.45, 2.75) is 44.7 Å². The summed E-state index contributed by atoms with van der Waals surface area (Å²) in [5.74, 6) is 0.135. The normalized spacial score (nSPS) is 25.9. The lowest BCUT2D eigenvalue weighted by molar-refractivity contribution is -0.901. The van der Waals surface area contributed by atoms with Gasteiger partial charge < -0.3 is 10.2 Å². The zero-order valence-corrected chi connectivity index (χ0v) is 16.5. The molecule has 1 unspecified atom stereocenters. The fourth-order valence-corrected chi connectivity index (χ4v) is 4.49. The number of rotatable bonds is 5. The second-order valence-corrected chi connectivity index (χ2v) is 8.20. The average molecular weight is 382 g/mol. The molecule has 4 rings (SSSR count). The monoisotopic (exact) mass is 382 g/mol. The van der Waals surface area contributed by atoms with Crippen LogP contribution in [0.25, 0.3) is 5.69 Å². The first-order valence-electron chi connectivity index (χ1n) is 10.0. The van der Waals surface area contributed by atoms with Crippen molar-refractivity contribution in [2.75, 3.05) is 13.7 Å². The van der Waals surface area contributed by atoms with Crippen LogP contribution < -0.4 is 10.2 Å². The fraction of sp³-hybridized carbons (Fsp3) is 0.476. The molecular weight excluding hydrogens is 354 g/mol. The van der Waals surface area contributed by atoms with E-state index in [2.05, 4.69) is 17.3 Å². The first-order valence-corrected chi connectivity index (χ1v) is 10.0. The largest absolute Gasteiger partial charge is 0.329 e. The Labute approximate surface area is 165 Å². The van der Waals surface area contributed by atoms with Gasteiger partial charge in [-0.3, -0.25) is 4.79 Å². The number of para-hydroxylation sites is 1. The molecule has 1 saturated heterocycles. The lowest BCUT2D eigenvalue weighted by Gasteiger charge is -2.36. The Kier molecular flexibility index (Phi) is 4.93. The molecule has 1 aromatic carbocycles. The van der Waals surface area contributed by atoms with Crippen molar-refractivity contribution in [1.29, 1.82) is 0 Å². The van der Waals surface area contributed by atoms with Crippen LogP contribution in [0.3, 0.4) is 0 Å². The van der Waals surface area contributed by atoms with Crippen molar-refractivity contribution >= 4 is 11.9 Å². The Bertz CT molecular complexity index is 865. The third-order valence-corrected chi connectivity index (χ3v) is 6.09. The van der Waals surface area contributed by atoms with E-state index in [-0.39, 0.29) is 17.9 Å². The summed E-state index contributed by atoms with van der Waals surface area (Å²) in [4.78, 5) is 28.1. The molecule has 3 atom stereocenters. The van der Waals surface area contributed by atoms with Crippen molar-refractivity contribution in [2.24, 2.45) is 5.92 Å². The lowest BCUT2D eigenvalue weighted by atomic mass is 9.73. The highest BCUT2D eigenvalue weighted by Crippen LogP contribution is 2.37. The summed E-state index contributed by atoms with van der Waals surface area (Å²) in [5, 5.41) is 7.44. The highest BCUT2D eigenvalue weighted by Gasteiger charge is 2.55. The molecule has 28 heavy (non-hydrogen) atoms. The summed E-state index contributed by atoms with van der Waals surface area (Å²) in [5.41, 5.74) is 1.39. The van der Waals surface area contributed by atoms with E-state index in [1.807, 2.05) is 54.5 Å². The van der Waals surface area contributed by atoms with Crippen LogP contribution in [0.2, 0.25) is 0 Å². The van der Waals surface area contributed by atoms with E-state index in [0.29, 0.717) is 13.2 Å². The molecule has 7 heteroatoms. The number of aromatic nitrogens is 2. The molecular formula is C21H28N5O2+. The van der Waals surface area contributed by atoms with Gasteiger partial charge in [0.25, 0.3) is 5.91 Å². The van der Waals surface area contributed by atoms with Crippen LogP contribution in [0.4, 0.5) is 4.79 Å². The van der Waals surface area contributed by atoms with Gasteiger partial charge in [0.2, 0.25) is 0 Å². The Hall–Kier alpha value is -2.67. The van der Waals surface area contributed by atoms with Crippen LogP contribution in [-0.4, -0.2) is 45.9 Å². The van der Waals surface area contributed by atoms with Crippen LogP contribution in [0.15, 0.2) is 42.7 Å². The van der Waals surface area contributed by atoms with E-state index in [9.17, 15) is 9.59 Å². The number of benzene rings is 1. The molecule has 7 nitrogen and oxygen atoms in total. The van der Waals surface area contributed by atoms with E-state index in [1.165, 1.54) is 4.90 Å². The van der Waals surface area contributed by atoms with Gasteiger partial charge in [0.15, 0.2) is 6.67 Å². The molecule has 2 aromatic rings. The van der Waals surface area contributed by atoms with Crippen molar-refractivity contribution in [3.63, 3.8) is 0 Å². The number of amides is 3. The number of nitrogens with one attached hydrogen (secondary N) is 2. The van der Waals surface area contributed by atoms with Gasteiger partial charge in [0.05, 0.1) is 18.9 Å². The minimum atomic E-state index is -0.687. The topological polar surface area (TPSA) is 71.7 Å². The zero-order valence-electron chi connectivity index (χ0n) is 16.5. The van der Waals surface area contributed by atoms with Gasteiger partial charge in [-0.15, -0.1) is 0 Å². The minimum absolute atomic E-state index is 0.0518. The van der Waals surface area contributed by atoms with Crippen molar-refractivity contribution < 1.29 is 14.5 Å². The van der Waals surface area contributed by atoms with E-state index < -0.39 is 5.54 Å². The summed E-state index contributed by atoms with van der Waals surface area (Å²) in [7, 11) is 2.00. The predicted octanol–water partition coefficient (Wildman–Crippen LogP) is 1.35. The maximum absolute atomic E-state index is 13.1. The second kappa shape index (κ2) is 7.39. The van der Waals surface area contributed by atoms with Gasteiger partial charge in [0, 0.05) is 11.8 Å². The molecule has 3 amide bonds. The Morgan fingerprint density at radius 2 is 2.04 bits per heavy atom. The number of hydrogen-bond acceptors (Lipinski definition) is 3. The number of hydrogen-bond donors (Lipinski definition) is 2. The van der Waals surface area contributed by atoms with Crippen molar-refractivity contribution in [3.8, 4) is 5.69 Å². The van der Waals surface area contributed by atoms with Crippen LogP contribution in [-0.2, 0) is 11.3 Å². The van der Waals surface area contributed by atoms with Crippen molar-refractivity contribution in [3.05, 3.63) is 48.3 Å². The fourth-order valence-electron chi connectivity index (χ4n) is 4.49. The minimum Gasteiger partial charge on any atom is -0.323 e. The summed E-state index contributed by atoms with van der Waals surface area (Å²) in [6, 6.07) is 9.69. The van der Waals surface area contributed by atoms with Gasteiger partial charge >= 0.3 is 6.03 Å². The second-order valence-electron chi connectivity index (χ2n) is 8.20. The zero-order chi connectivity index (χ0) is 19.7. The molecule has 2 N–H and O–H groups in total. The highest BCUT2D eigenvalue weighted by atomic mass is 16.2. The predicted molar refractivity (Wildman–Crippen MR) is 105 cm³/mol. The number of imide groups is 1. The summed E-state index contributed by atoms with van der Waals surface area (Å²) in [6.45, 7) is 3.12. The Morgan fingerprint density at radius 3 is 2.79 bits per heavy atom. The number of carbonyl (C=O) groups is 2. The summed E-state index contributed by atoms with van der Waals surface area (Å²) < 4.78 is 1.84. The lowest BCUT2D eigenvalue weighted by Crippen LogP contribution is -3.09. The first-order chi connectivity index (χ1) is 13.5. The van der Waals surface area contributed by atoms with E-state index >= 15 is 0 Å². The van der Waals surface area contributed by atoms with Gasteiger partial charge in [-0.1, -0.05) is 38.0 Å². The summed E-state index contributed by atoms with van der Waals surface area (Å²) in [6.07, 6.45) is 7.69. The van der Waals surface area contributed by atoms with Gasteiger partial charge in [0.1, 0.15) is 12.1 Å².